The van der Waals surface area contributed by atoms with Crippen LogP contribution in [-0.2, 0) is 29.2 Å². The number of para-hydroxylation sites is 2. The Morgan fingerprint density at radius 3 is 2.53 bits per heavy atom. The number of aromatic nitrogens is 4. The number of aryl methyl sites for hydroxylation is 3. The van der Waals surface area contributed by atoms with Gasteiger partial charge in [0.25, 0.3) is 5.56 Å². The molecule has 0 aliphatic carbocycles. The van der Waals surface area contributed by atoms with Gasteiger partial charge in [0, 0.05) is 25.4 Å². The number of esters is 1. The van der Waals surface area contributed by atoms with Gasteiger partial charge in [-0.05, 0) is 37.6 Å². The van der Waals surface area contributed by atoms with E-state index in [2.05, 4.69) is 4.98 Å². The first-order valence-corrected chi connectivity index (χ1v) is 9.80. The summed E-state index contributed by atoms with van der Waals surface area (Å²) in [6.45, 7) is 4.49. The molecular weight excluding hydrogens is 384 g/mol. The van der Waals surface area contributed by atoms with E-state index in [4.69, 9.17) is 4.74 Å². The van der Waals surface area contributed by atoms with Crippen LogP contribution in [0.15, 0.2) is 58.3 Å². The van der Waals surface area contributed by atoms with Crippen LogP contribution in [0.25, 0.3) is 16.7 Å². The number of imidazole rings is 1. The van der Waals surface area contributed by atoms with Crippen LogP contribution in [0.2, 0.25) is 0 Å². The summed E-state index contributed by atoms with van der Waals surface area (Å²) in [5.74, 6) is -0.457. The molecule has 0 radical (unpaired) electrons. The Kier molecular flexibility index (Phi) is 5.22. The fourth-order valence-electron chi connectivity index (χ4n) is 3.56. The highest BCUT2D eigenvalue weighted by atomic mass is 16.5. The quantitative estimate of drug-likeness (QED) is 0.459. The van der Waals surface area contributed by atoms with Crippen LogP contribution >= 0.6 is 0 Å². The molecule has 8 heteroatoms. The van der Waals surface area contributed by atoms with Gasteiger partial charge >= 0.3 is 11.7 Å². The molecule has 0 saturated carbocycles. The normalized spacial score (nSPS) is 11.3. The molecule has 0 N–H and O–H groups in total. The highest BCUT2D eigenvalue weighted by molar-refractivity contribution is 5.76. The van der Waals surface area contributed by atoms with Crippen molar-refractivity contribution < 1.29 is 9.53 Å². The van der Waals surface area contributed by atoms with E-state index in [0.717, 1.165) is 16.6 Å². The average Bonchev–Trinajstić information content (AvgIpc) is 3.01. The van der Waals surface area contributed by atoms with E-state index in [1.807, 2.05) is 44.2 Å². The average molecular weight is 406 g/mol. The molecule has 0 aliphatic rings. The predicted molar refractivity (Wildman–Crippen MR) is 112 cm³/mol. The van der Waals surface area contributed by atoms with Gasteiger partial charge in [-0.15, -0.1) is 0 Å². The molecule has 0 amide bonds. The zero-order valence-electron chi connectivity index (χ0n) is 16.9. The van der Waals surface area contributed by atoms with Crippen LogP contribution in [0, 0.1) is 6.92 Å². The van der Waals surface area contributed by atoms with Crippen molar-refractivity contribution in [2.75, 3.05) is 0 Å². The van der Waals surface area contributed by atoms with Crippen molar-refractivity contribution in [1.29, 1.82) is 0 Å². The molecule has 0 saturated heterocycles. The van der Waals surface area contributed by atoms with Crippen molar-refractivity contribution in [1.82, 2.24) is 18.5 Å². The zero-order valence-corrected chi connectivity index (χ0v) is 16.9. The second-order valence-electron chi connectivity index (χ2n) is 7.10. The number of hydrogen-bond acceptors (Lipinski definition) is 5. The molecule has 30 heavy (non-hydrogen) atoms. The molecule has 8 nitrogen and oxygen atoms in total. The second-order valence-corrected chi connectivity index (χ2v) is 7.10. The Morgan fingerprint density at radius 2 is 1.80 bits per heavy atom. The van der Waals surface area contributed by atoms with Crippen LogP contribution < -0.4 is 11.2 Å². The number of carbonyl (C=O) groups excluding carboxylic acids is 1. The summed E-state index contributed by atoms with van der Waals surface area (Å²) in [6, 6.07) is 12.5. The smallest absolute Gasteiger partial charge is 0.329 e. The van der Waals surface area contributed by atoms with E-state index in [-0.39, 0.29) is 30.8 Å². The van der Waals surface area contributed by atoms with E-state index < -0.39 is 5.97 Å². The van der Waals surface area contributed by atoms with Crippen LogP contribution in [0.5, 0.6) is 0 Å². The van der Waals surface area contributed by atoms with Crippen molar-refractivity contribution in [3.63, 3.8) is 0 Å². The summed E-state index contributed by atoms with van der Waals surface area (Å²) in [4.78, 5) is 41.5. The summed E-state index contributed by atoms with van der Waals surface area (Å²) < 4.78 is 10.0. The van der Waals surface area contributed by atoms with Crippen LogP contribution in [0.4, 0.5) is 0 Å². The van der Waals surface area contributed by atoms with E-state index in [1.165, 1.54) is 10.5 Å². The molecule has 4 rings (SSSR count). The molecule has 0 atom stereocenters. The maximum atomic E-state index is 12.6. The standard InChI is InChI=1S/C22H22N4O4/c1-3-24-17-6-4-5-7-18(17)25(22(24)29)11-10-21(28)30-14-16-12-20(27)26-13-15(2)8-9-19(26)23-16/h4-9,12-13H,3,10-11,14H2,1-2H3. The number of pyridine rings is 1. The molecule has 4 aromatic rings. The molecule has 0 aliphatic heterocycles. The first-order valence-electron chi connectivity index (χ1n) is 9.80. The van der Waals surface area contributed by atoms with Gasteiger partial charge in [0.2, 0.25) is 0 Å². The predicted octanol–water partition coefficient (Wildman–Crippen LogP) is 2.27. The van der Waals surface area contributed by atoms with Gasteiger partial charge in [-0.25, -0.2) is 9.78 Å². The Balaban J connectivity index is 1.45. The highest BCUT2D eigenvalue weighted by Crippen LogP contribution is 2.13. The van der Waals surface area contributed by atoms with Crippen molar-refractivity contribution in [3.8, 4) is 0 Å². The van der Waals surface area contributed by atoms with Crippen molar-refractivity contribution in [2.24, 2.45) is 0 Å². The zero-order chi connectivity index (χ0) is 21.3. The third kappa shape index (κ3) is 3.63. The minimum Gasteiger partial charge on any atom is -0.459 e. The van der Waals surface area contributed by atoms with Gasteiger partial charge in [0.15, 0.2) is 0 Å². The monoisotopic (exact) mass is 406 g/mol. The molecule has 0 fully saturated rings. The Hall–Kier alpha value is -3.68. The first-order chi connectivity index (χ1) is 14.5. The fourth-order valence-corrected chi connectivity index (χ4v) is 3.56. The van der Waals surface area contributed by atoms with E-state index in [1.54, 1.807) is 21.4 Å². The first kappa shape index (κ1) is 19.6. The van der Waals surface area contributed by atoms with Gasteiger partial charge in [0.1, 0.15) is 12.3 Å². The topological polar surface area (TPSA) is 87.6 Å². The second kappa shape index (κ2) is 7.98. The summed E-state index contributed by atoms with van der Waals surface area (Å²) in [6.07, 6.45) is 1.76. The Morgan fingerprint density at radius 1 is 1.07 bits per heavy atom. The van der Waals surface area contributed by atoms with Crippen LogP contribution in [0.1, 0.15) is 24.6 Å². The highest BCUT2D eigenvalue weighted by Gasteiger charge is 2.13. The maximum absolute atomic E-state index is 12.6. The lowest BCUT2D eigenvalue weighted by atomic mass is 10.3. The summed E-state index contributed by atoms with van der Waals surface area (Å²) in [7, 11) is 0. The van der Waals surface area contributed by atoms with Gasteiger partial charge in [-0.2, -0.15) is 0 Å². The van der Waals surface area contributed by atoms with Gasteiger partial charge in [-0.3, -0.25) is 23.1 Å². The van der Waals surface area contributed by atoms with Crippen molar-refractivity contribution >= 4 is 22.6 Å². The number of rotatable bonds is 6. The minimum atomic E-state index is -0.457. The number of carbonyl (C=O) groups is 1. The number of hydrogen-bond donors (Lipinski definition) is 0. The molecule has 3 heterocycles. The number of fused-ring (bicyclic) bond motifs is 2. The lowest BCUT2D eigenvalue weighted by molar-refractivity contribution is -0.145. The largest absolute Gasteiger partial charge is 0.459 e. The number of nitrogens with zero attached hydrogens (tertiary/aromatic N) is 4. The van der Waals surface area contributed by atoms with Gasteiger partial charge < -0.3 is 4.74 Å². The van der Waals surface area contributed by atoms with Crippen LogP contribution in [0.3, 0.4) is 0 Å². The Bertz CT molecular complexity index is 1360. The third-order valence-corrected chi connectivity index (χ3v) is 5.02. The number of ether oxygens (including phenoxy) is 1. The minimum absolute atomic E-state index is 0.0450. The van der Waals surface area contributed by atoms with Crippen molar-refractivity contribution in [2.45, 2.75) is 40.0 Å². The van der Waals surface area contributed by atoms with Gasteiger partial charge in [0.05, 0.1) is 23.1 Å². The molecule has 0 bridgehead atoms. The maximum Gasteiger partial charge on any atom is 0.329 e. The summed E-state index contributed by atoms with van der Waals surface area (Å²) >= 11 is 0. The van der Waals surface area contributed by atoms with Crippen molar-refractivity contribution in [3.05, 3.63) is 80.8 Å². The Labute approximate surface area is 172 Å². The molecular formula is C22H22N4O4. The molecule has 3 aromatic heterocycles. The third-order valence-electron chi connectivity index (χ3n) is 5.02. The molecule has 0 unspecified atom stereocenters. The van der Waals surface area contributed by atoms with E-state index in [9.17, 15) is 14.4 Å². The lowest BCUT2D eigenvalue weighted by Gasteiger charge is -2.07. The van der Waals surface area contributed by atoms with E-state index >= 15 is 0 Å². The number of benzene rings is 1. The molecule has 0 spiro atoms. The molecule has 1 aromatic carbocycles. The summed E-state index contributed by atoms with van der Waals surface area (Å²) in [5.41, 5.74) is 3.09. The fraction of sp³-hybridized carbons (Fsp3) is 0.273. The summed E-state index contributed by atoms with van der Waals surface area (Å²) in [5, 5.41) is 0. The van der Waals surface area contributed by atoms with Gasteiger partial charge in [-0.1, -0.05) is 18.2 Å². The SMILES string of the molecule is CCn1c(=O)n(CCC(=O)OCc2cc(=O)n3cc(C)ccc3n2)c2ccccc21. The molecule has 154 valence electrons. The van der Waals surface area contributed by atoms with E-state index in [0.29, 0.717) is 17.9 Å². The van der Waals surface area contributed by atoms with Crippen LogP contribution in [-0.4, -0.2) is 24.5 Å². The lowest BCUT2D eigenvalue weighted by Crippen LogP contribution is -2.25.